The Balaban J connectivity index is 2.09. The van der Waals surface area contributed by atoms with Crippen LogP contribution in [0.15, 0.2) is 42.7 Å². The lowest BCUT2D eigenvalue weighted by molar-refractivity contribution is -0.122. The third-order valence-corrected chi connectivity index (χ3v) is 3.26. The molecule has 1 amide bonds. The van der Waals surface area contributed by atoms with Gasteiger partial charge >= 0.3 is 0 Å². The standard InChI is InChI=1S/C16H17ClN2O2/c1-3-14(16(20)19-12-5-4-8-18-10-12)21-15-9-11(2)6-7-13(15)17/h4-10,14H,3H2,1-2H3,(H,19,20). The van der Waals surface area contributed by atoms with E-state index in [4.69, 9.17) is 16.3 Å². The van der Waals surface area contributed by atoms with Crippen molar-refractivity contribution in [1.29, 1.82) is 0 Å². The summed E-state index contributed by atoms with van der Waals surface area (Å²) in [5, 5.41) is 3.27. The first-order chi connectivity index (χ1) is 10.1. The van der Waals surface area contributed by atoms with Crippen molar-refractivity contribution in [2.45, 2.75) is 26.4 Å². The van der Waals surface area contributed by atoms with E-state index in [9.17, 15) is 4.79 Å². The van der Waals surface area contributed by atoms with E-state index >= 15 is 0 Å². The van der Waals surface area contributed by atoms with Gasteiger partial charge in [-0.1, -0.05) is 24.6 Å². The molecule has 0 aliphatic heterocycles. The van der Waals surface area contributed by atoms with Gasteiger partial charge in [0.2, 0.25) is 0 Å². The van der Waals surface area contributed by atoms with Gasteiger partial charge in [-0.15, -0.1) is 0 Å². The number of nitrogens with zero attached hydrogens (tertiary/aromatic N) is 1. The number of pyridine rings is 1. The second-order valence-electron chi connectivity index (χ2n) is 4.68. The van der Waals surface area contributed by atoms with Crippen LogP contribution in [0.4, 0.5) is 5.69 Å². The Bertz CT molecular complexity index is 617. The number of benzene rings is 1. The molecule has 1 N–H and O–H groups in total. The van der Waals surface area contributed by atoms with E-state index in [-0.39, 0.29) is 5.91 Å². The summed E-state index contributed by atoms with van der Waals surface area (Å²) in [5.74, 6) is 0.299. The van der Waals surface area contributed by atoms with Crippen LogP contribution in [-0.2, 0) is 4.79 Å². The van der Waals surface area contributed by atoms with Gasteiger partial charge in [0.1, 0.15) is 5.75 Å². The van der Waals surface area contributed by atoms with E-state index in [1.54, 1.807) is 30.6 Å². The van der Waals surface area contributed by atoms with Gasteiger partial charge in [-0.2, -0.15) is 0 Å². The molecule has 5 heteroatoms. The molecule has 1 atom stereocenters. The number of carbonyl (C=O) groups excluding carboxylic acids is 1. The molecule has 2 rings (SSSR count). The van der Waals surface area contributed by atoms with Crippen molar-refractivity contribution in [3.63, 3.8) is 0 Å². The Morgan fingerprint density at radius 1 is 1.43 bits per heavy atom. The average molecular weight is 305 g/mol. The fourth-order valence-corrected chi connectivity index (χ4v) is 2.00. The summed E-state index contributed by atoms with van der Waals surface area (Å²) in [6.45, 7) is 3.83. The van der Waals surface area contributed by atoms with Crippen LogP contribution >= 0.6 is 11.6 Å². The van der Waals surface area contributed by atoms with Crippen LogP contribution in [-0.4, -0.2) is 17.0 Å². The van der Waals surface area contributed by atoms with Crippen molar-refractivity contribution < 1.29 is 9.53 Å². The molecule has 0 aliphatic rings. The highest BCUT2D eigenvalue weighted by Crippen LogP contribution is 2.27. The van der Waals surface area contributed by atoms with E-state index in [0.29, 0.717) is 22.9 Å². The van der Waals surface area contributed by atoms with Crippen LogP contribution < -0.4 is 10.1 Å². The van der Waals surface area contributed by atoms with Gasteiger partial charge in [0.15, 0.2) is 6.10 Å². The minimum absolute atomic E-state index is 0.219. The maximum absolute atomic E-state index is 12.2. The summed E-state index contributed by atoms with van der Waals surface area (Å²) in [6.07, 6.45) is 3.17. The van der Waals surface area contributed by atoms with Gasteiger partial charge < -0.3 is 10.1 Å². The van der Waals surface area contributed by atoms with Crippen molar-refractivity contribution in [1.82, 2.24) is 4.98 Å². The Morgan fingerprint density at radius 2 is 2.24 bits per heavy atom. The fraction of sp³-hybridized carbons (Fsp3) is 0.250. The van der Waals surface area contributed by atoms with Crippen molar-refractivity contribution in [3.8, 4) is 5.75 Å². The molecule has 0 radical (unpaired) electrons. The summed E-state index contributed by atoms with van der Waals surface area (Å²) < 4.78 is 5.74. The maximum atomic E-state index is 12.2. The van der Waals surface area contributed by atoms with E-state index in [1.165, 1.54) is 0 Å². The monoisotopic (exact) mass is 304 g/mol. The summed E-state index contributed by atoms with van der Waals surface area (Å²) in [5.41, 5.74) is 1.66. The lowest BCUT2D eigenvalue weighted by Crippen LogP contribution is -2.32. The molecular weight excluding hydrogens is 288 g/mol. The number of rotatable bonds is 5. The molecule has 0 saturated heterocycles. The average Bonchev–Trinajstić information content (AvgIpc) is 2.49. The number of aryl methyl sites for hydroxylation is 1. The SMILES string of the molecule is CCC(Oc1cc(C)ccc1Cl)C(=O)Nc1cccnc1. The van der Waals surface area contributed by atoms with Crippen LogP contribution in [0, 0.1) is 6.92 Å². The van der Waals surface area contributed by atoms with Gasteiger partial charge in [-0.25, -0.2) is 0 Å². The van der Waals surface area contributed by atoms with Crippen molar-refractivity contribution in [2.24, 2.45) is 0 Å². The number of nitrogens with one attached hydrogen (secondary N) is 1. The number of ether oxygens (including phenoxy) is 1. The second-order valence-corrected chi connectivity index (χ2v) is 5.09. The lowest BCUT2D eigenvalue weighted by Gasteiger charge is -2.18. The number of halogens is 1. The summed E-state index contributed by atoms with van der Waals surface area (Å²) in [4.78, 5) is 16.2. The van der Waals surface area contributed by atoms with Gasteiger partial charge in [0, 0.05) is 6.20 Å². The molecular formula is C16H17ClN2O2. The van der Waals surface area contributed by atoms with Crippen LogP contribution in [0.25, 0.3) is 0 Å². The molecule has 1 aromatic heterocycles. The predicted octanol–water partition coefficient (Wildman–Crippen LogP) is 3.84. The Labute approximate surface area is 129 Å². The zero-order chi connectivity index (χ0) is 15.2. The largest absolute Gasteiger partial charge is 0.479 e. The first kappa shape index (κ1) is 15.3. The highest BCUT2D eigenvalue weighted by atomic mass is 35.5. The molecule has 0 saturated carbocycles. The van der Waals surface area contributed by atoms with E-state index < -0.39 is 6.10 Å². The Hall–Kier alpha value is -2.07. The number of amides is 1. The minimum atomic E-state index is -0.607. The Morgan fingerprint density at radius 3 is 2.90 bits per heavy atom. The van der Waals surface area contributed by atoms with E-state index in [1.807, 2.05) is 26.0 Å². The lowest BCUT2D eigenvalue weighted by atomic mass is 10.2. The molecule has 4 nitrogen and oxygen atoms in total. The molecule has 110 valence electrons. The van der Waals surface area contributed by atoms with Crippen LogP contribution in [0.3, 0.4) is 0 Å². The van der Waals surface area contributed by atoms with Gasteiger partial charge in [-0.3, -0.25) is 9.78 Å². The summed E-state index contributed by atoms with van der Waals surface area (Å²) in [6, 6.07) is 9.01. The zero-order valence-electron chi connectivity index (χ0n) is 12.0. The van der Waals surface area contributed by atoms with Gasteiger partial charge in [0.25, 0.3) is 5.91 Å². The molecule has 1 heterocycles. The highest BCUT2D eigenvalue weighted by molar-refractivity contribution is 6.32. The molecule has 1 unspecified atom stereocenters. The van der Waals surface area contributed by atoms with Crippen LogP contribution in [0.1, 0.15) is 18.9 Å². The number of hydrogen-bond acceptors (Lipinski definition) is 3. The molecule has 0 spiro atoms. The quantitative estimate of drug-likeness (QED) is 0.913. The maximum Gasteiger partial charge on any atom is 0.265 e. The normalized spacial score (nSPS) is 11.8. The molecule has 2 aromatic rings. The van der Waals surface area contributed by atoms with Crippen molar-refractivity contribution >= 4 is 23.2 Å². The highest BCUT2D eigenvalue weighted by Gasteiger charge is 2.19. The minimum Gasteiger partial charge on any atom is -0.479 e. The van der Waals surface area contributed by atoms with Crippen molar-refractivity contribution in [3.05, 3.63) is 53.3 Å². The van der Waals surface area contributed by atoms with Crippen LogP contribution in [0.5, 0.6) is 5.75 Å². The number of hydrogen-bond donors (Lipinski definition) is 1. The van der Waals surface area contributed by atoms with E-state index in [0.717, 1.165) is 5.56 Å². The number of aromatic nitrogens is 1. The number of anilines is 1. The molecule has 0 bridgehead atoms. The second kappa shape index (κ2) is 7.09. The third-order valence-electron chi connectivity index (χ3n) is 2.95. The molecule has 21 heavy (non-hydrogen) atoms. The number of carbonyl (C=O) groups is 1. The summed E-state index contributed by atoms with van der Waals surface area (Å²) >= 11 is 6.10. The third kappa shape index (κ3) is 4.20. The van der Waals surface area contributed by atoms with Crippen LogP contribution in [0.2, 0.25) is 5.02 Å². The topological polar surface area (TPSA) is 51.2 Å². The molecule has 1 aromatic carbocycles. The Kier molecular flexibility index (Phi) is 5.17. The predicted molar refractivity (Wildman–Crippen MR) is 83.8 cm³/mol. The van der Waals surface area contributed by atoms with Crippen molar-refractivity contribution in [2.75, 3.05) is 5.32 Å². The first-order valence-corrected chi connectivity index (χ1v) is 7.11. The first-order valence-electron chi connectivity index (χ1n) is 6.74. The smallest absolute Gasteiger partial charge is 0.265 e. The summed E-state index contributed by atoms with van der Waals surface area (Å²) in [7, 11) is 0. The zero-order valence-corrected chi connectivity index (χ0v) is 12.7. The van der Waals surface area contributed by atoms with Gasteiger partial charge in [0.05, 0.1) is 16.9 Å². The van der Waals surface area contributed by atoms with E-state index in [2.05, 4.69) is 10.3 Å². The molecule has 0 aliphatic carbocycles. The molecule has 0 fully saturated rings. The van der Waals surface area contributed by atoms with Gasteiger partial charge in [-0.05, 0) is 43.2 Å². The fourth-order valence-electron chi connectivity index (χ4n) is 1.84.